The summed E-state index contributed by atoms with van der Waals surface area (Å²) < 4.78 is 10.7. The molecule has 1 aromatic carbocycles. The normalized spacial score (nSPS) is 11.6. The van der Waals surface area contributed by atoms with Gasteiger partial charge in [-0.2, -0.15) is 5.26 Å². The summed E-state index contributed by atoms with van der Waals surface area (Å²) in [5.74, 6) is -1.07. The van der Waals surface area contributed by atoms with Crippen molar-refractivity contribution in [1.82, 2.24) is 4.98 Å². The van der Waals surface area contributed by atoms with Crippen molar-refractivity contribution in [2.24, 2.45) is 0 Å². The SMILES string of the molecule is CCOC(=O)c1c(NC=C(C#N)c2nc(-c3ccc(CC)cc3)cs2)sc(C(=O)OC(C)(C)C)c1C. The Morgan fingerprint density at radius 3 is 2.44 bits per heavy atom. The number of rotatable bonds is 8. The molecule has 0 bridgehead atoms. The minimum atomic E-state index is -0.682. The minimum Gasteiger partial charge on any atom is -0.462 e. The van der Waals surface area contributed by atoms with Gasteiger partial charge in [-0.3, -0.25) is 0 Å². The molecule has 188 valence electrons. The number of aryl methyl sites for hydroxylation is 1. The third-order valence-electron chi connectivity index (χ3n) is 5.07. The minimum absolute atomic E-state index is 0.190. The van der Waals surface area contributed by atoms with E-state index in [2.05, 4.69) is 35.4 Å². The van der Waals surface area contributed by atoms with Crippen LogP contribution in [0.1, 0.15) is 70.8 Å². The fourth-order valence-electron chi connectivity index (χ4n) is 3.30. The van der Waals surface area contributed by atoms with Crippen LogP contribution in [0.5, 0.6) is 0 Å². The number of aromatic nitrogens is 1. The molecular weight excluding hydrogens is 494 g/mol. The van der Waals surface area contributed by atoms with Gasteiger partial charge in [0.2, 0.25) is 0 Å². The lowest BCUT2D eigenvalue weighted by atomic mass is 10.1. The van der Waals surface area contributed by atoms with Crippen molar-refractivity contribution >= 4 is 45.2 Å². The summed E-state index contributed by atoms with van der Waals surface area (Å²) in [5.41, 5.74) is 3.33. The van der Waals surface area contributed by atoms with Crippen LogP contribution in [0.4, 0.5) is 5.00 Å². The van der Waals surface area contributed by atoms with Crippen LogP contribution in [-0.4, -0.2) is 29.1 Å². The van der Waals surface area contributed by atoms with Gasteiger partial charge in [-0.1, -0.05) is 31.2 Å². The molecule has 9 heteroatoms. The molecule has 0 aliphatic carbocycles. The van der Waals surface area contributed by atoms with Crippen LogP contribution in [0, 0.1) is 18.3 Å². The molecule has 0 aliphatic heterocycles. The number of thiophene rings is 1. The Labute approximate surface area is 219 Å². The molecule has 2 aromatic heterocycles. The smallest absolute Gasteiger partial charge is 0.349 e. The zero-order valence-corrected chi connectivity index (χ0v) is 22.9. The first-order valence-electron chi connectivity index (χ1n) is 11.5. The Bertz CT molecular complexity index is 1320. The van der Waals surface area contributed by atoms with Crippen LogP contribution in [0.2, 0.25) is 0 Å². The number of esters is 2. The van der Waals surface area contributed by atoms with Gasteiger partial charge >= 0.3 is 11.9 Å². The number of hydrogen-bond acceptors (Lipinski definition) is 9. The average Bonchev–Trinajstić information content (AvgIpc) is 3.44. The molecule has 0 aliphatic rings. The van der Waals surface area contributed by atoms with Gasteiger partial charge in [-0.25, -0.2) is 14.6 Å². The Hall–Kier alpha value is -3.48. The maximum absolute atomic E-state index is 12.8. The Balaban J connectivity index is 1.92. The molecule has 0 unspecified atom stereocenters. The van der Waals surface area contributed by atoms with E-state index in [1.807, 2.05) is 17.5 Å². The number of carbonyl (C=O) groups is 2. The summed E-state index contributed by atoms with van der Waals surface area (Å²) >= 11 is 2.44. The highest BCUT2D eigenvalue weighted by atomic mass is 32.1. The lowest BCUT2D eigenvalue weighted by Gasteiger charge is -2.19. The van der Waals surface area contributed by atoms with Crippen LogP contribution < -0.4 is 5.32 Å². The van der Waals surface area contributed by atoms with Gasteiger partial charge in [-0.15, -0.1) is 22.7 Å². The number of ether oxygens (including phenoxy) is 2. The van der Waals surface area contributed by atoms with E-state index in [9.17, 15) is 14.9 Å². The average molecular weight is 524 g/mol. The van der Waals surface area contributed by atoms with Crippen LogP contribution in [-0.2, 0) is 15.9 Å². The van der Waals surface area contributed by atoms with Gasteiger partial charge in [0.15, 0.2) is 0 Å². The van der Waals surface area contributed by atoms with Crippen LogP contribution >= 0.6 is 22.7 Å². The van der Waals surface area contributed by atoms with E-state index >= 15 is 0 Å². The second-order valence-corrected chi connectivity index (χ2v) is 10.8. The zero-order chi connectivity index (χ0) is 26.5. The molecule has 2 heterocycles. The van der Waals surface area contributed by atoms with Gasteiger partial charge in [0, 0.05) is 17.1 Å². The number of anilines is 1. The number of nitrogens with one attached hydrogen (secondary N) is 1. The van der Waals surface area contributed by atoms with Crippen LogP contribution in [0.3, 0.4) is 0 Å². The van der Waals surface area contributed by atoms with E-state index in [1.54, 1.807) is 34.6 Å². The molecule has 7 nitrogen and oxygen atoms in total. The molecule has 0 amide bonds. The third-order valence-corrected chi connectivity index (χ3v) is 7.15. The maximum Gasteiger partial charge on any atom is 0.349 e. The van der Waals surface area contributed by atoms with E-state index in [4.69, 9.17) is 9.47 Å². The number of allylic oxidation sites excluding steroid dienone is 1. The van der Waals surface area contributed by atoms with E-state index < -0.39 is 17.5 Å². The number of benzene rings is 1. The fourth-order valence-corrected chi connectivity index (χ4v) is 5.14. The molecular formula is C27H29N3O4S2. The molecule has 3 aromatic rings. The van der Waals surface area contributed by atoms with Gasteiger partial charge in [-0.05, 0) is 52.2 Å². The number of nitrogens with zero attached hydrogens (tertiary/aromatic N) is 2. The zero-order valence-electron chi connectivity index (χ0n) is 21.2. The molecule has 0 fully saturated rings. The van der Waals surface area contributed by atoms with Crippen molar-refractivity contribution < 1.29 is 19.1 Å². The van der Waals surface area contributed by atoms with Gasteiger partial charge < -0.3 is 14.8 Å². The molecule has 0 saturated carbocycles. The summed E-state index contributed by atoms with van der Waals surface area (Å²) in [4.78, 5) is 30.4. The van der Waals surface area contributed by atoms with Crippen molar-refractivity contribution in [3.05, 3.63) is 62.4 Å². The van der Waals surface area contributed by atoms with E-state index in [-0.39, 0.29) is 12.2 Å². The predicted octanol–water partition coefficient (Wildman–Crippen LogP) is 6.85. The van der Waals surface area contributed by atoms with Crippen molar-refractivity contribution in [1.29, 1.82) is 5.26 Å². The predicted molar refractivity (Wildman–Crippen MR) is 144 cm³/mol. The quantitative estimate of drug-likeness (QED) is 0.254. The van der Waals surface area contributed by atoms with Gasteiger partial charge in [0.1, 0.15) is 32.1 Å². The summed E-state index contributed by atoms with van der Waals surface area (Å²) in [6.07, 6.45) is 2.46. The highest BCUT2D eigenvalue weighted by Gasteiger charge is 2.28. The molecule has 0 saturated heterocycles. The molecule has 0 atom stereocenters. The van der Waals surface area contributed by atoms with Crippen molar-refractivity contribution in [3.63, 3.8) is 0 Å². The number of carbonyl (C=O) groups excluding carboxylic acids is 2. The molecule has 0 radical (unpaired) electrons. The number of thiazole rings is 1. The Morgan fingerprint density at radius 2 is 1.86 bits per heavy atom. The highest BCUT2D eigenvalue weighted by molar-refractivity contribution is 7.18. The molecule has 1 N–H and O–H groups in total. The topological polar surface area (TPSA) is 101 Å². The first kappa shape index (κ1) is 27.1. The largest absolute Gasteiger partial charge is 0.462 e. The van der Waals surface area contributed by atoms with E-state index in [1.165, 1.54) is 23.1 Å². The summed E-state index contributed by atoms with van der Waals surface area (Å²) in [6.45, 7) is 11.0. The second kappa shape index (κ2) is 11.5. The Kier molecular flexibility index (Phi) is 8.66. The maximum atomic E-state index is 12.8. The van der Waals surface area contributed by atoms with E-state index in [0.29, 0.717) is 26.0 Å². The second-order valence-electron chi connectivity index (χ2n) is 8.89. The number of nitriles is 1. The van der Waals surface area contributed by atoms with Crippen molar-refractivity contribution in [2.45, 2.75) is 53.6 Å². The van der Waals surface area contributed by atoms with Crippen LogP contribution in [0.15, 0.2) is 35.8 Å². The summed E-state index contributed by atoms with van der Waals surface area (Å²) in [7, 11) is 0. The third kappa shape index (κ3) is 6.39. The van der Waals surface area contributed by atoms with Crippen LogP contribution in [0.25, 0.3) is 16.8 Å². The van der Waals surface area contributed by atoms with E-state index in [0.717, 1.165) is 29.0 Å². The Morgan fingerprint density at radius 1 is 1.17 bits per heavy atom. The highest BCUT2D eigenvalue weighted by Crippen LogP contribution is 2.36. The molecule has 36 heavy (non-hydrogen) atoms. The standard InChI is InChI=1S/C27H29N3O4S2/c1-7-17-9-11-18(12-10-17)20-15-35-23(30-20)19(13-28)14-29-24-21(25(31)33-8-2)16(3)22(36-24)26(32)34-27(4,5)6/h9-12,14-15,29H,7-8H2,1-6H3. The number of hydrogen-bond donors (Lipinski definition) is 1. The fraction of sp³-hybridized carbons (Fsp3) is 0.333. The van der Waals surface area contributed by atoms with Crippen molar-refractivity contribution in [2.75, 3.05) is 11.9 Å². The molecule has 0 spiro atoms. The lowest BCUT2D eigenvalue weighted by Crippen LogP contribution is -2.23. The summed E-state index contributed by atoms with van der Waals surface area (Å²) in [5, 5.41) is 15.7. The lowest BCUT2D eigenvalue weighted by molar-refractivity contribution is 0.00745. The van der Waals surface area contributed by atoms with Crippen molar-refractivity contribution in [3.8, 4) is 17.3 Å². The monoisotopic (exact) mass is 523 g/mol. The van der Waals surface area contributed by atoms with Gasteiger partial charge in [0.25, 0.3) is 0 Å². The molecule has 3 rings (SSSR count). The first-order valence-corrected chi connectivity index (χ1v) is 13.2. The first-order chi connectivity index (χ1) is 17.1. The van der Waals surface area contributed by atoms with Gasteiger partial charge in [0.05, 0.1) is 17.9 Å². The summed E-state index contributed by atoms with van der Waals surface area (Å²) in [6, 6.07) is 10.3.